The normalized spacial score (nSPS) is 33.1. The Labute approximate surface area is 158 Å². The first-order valence-corrected chi connectivity index (χ1v) is 10.2. The zero-order valence-electron chi connectivity index (χ0n) is 14.2. The van der Waals surface area contributed by atoms with Crippen LogP contribution in [0.3, 0.4) is 0 Å². The zero-order valence-corrected chi connectivity index (χ0v) is 15.9. The first-order chi connectivity index (χ1) is 12.7. The van der Waals surface area contributed by atoms with Gasteiger partial charge in [0.25, 0.3) is 0 Å². The molecular formula is C14H19ClN5O6P. The van der Waals surface area contributed by atoms with E-state index in [1.165, 1.54) is 6.33 Å². The Balaban J connectivity index is 1.74. The van der Waals surface area contributed by atoms with Gasteiger partial charge in [-0.15, -0.1) is 0 Å². The number of phosphoric ester groups is 1. The minimum Gasteiger partial charge on any atom is -0.390 e. The number of phosphoric acid groups is 1. The Morgan fingerprint density at radius 1 is 1.44 bits per heavy atom. The molecule has 5 N–H and O–H groups in total. The minimum absolute atomic E-state index is 0.00587. The molecule has 0 unspecified atom stereocenters. The lowest BCUT2D eigenvalue weighted by Crippen LogP contribution is -2.49. The van der Waals surface area contributed by atoms with Crippen molar-refractivity contribution in [3.8, 4) is 0 Å². The van der Waals surface area contributed by atoms with E-state index in [-0.39, 0.29) is 17.8 Å². The predicted molar refractivity (Wildman–Crippen MR) is 94.1 cm³/mol. The fourth-order valence-corrected chi connectivity index (χ4v) is 5.01. The van der Waals surface area contributed by atoms with Crippen LogP contribution in [0.25, 0.3) is 11.2 Å². The van der Waals surface area contributed by atoms with E-state index in [0.29, 0.717) is 29.8 Å². The second-order valence-corrected chi connectivity index (χ2v) is 8.56. The van der Waals surface area contributed by atoms with Gasteiger partial charge in [-0.1, -0.05) is 0 Å². The van der Waals surface area contributed by atoms with Crippen LogP contribution in [0.15, 0.2) is 6.33 Å². The average molecular weight is 420 g/mol. The maximum atomic E-state index is 11.1. The topological polar surface area (TPSA) is 163 Å². The van der Waals surface area contributed by atoms with Gasteiger partial charge in [0.2, 0.25) is 5.28 Å². The van der Waals surface area contributed by atoms with Crippen LogP contribution in [0.5, 0.6) is 0 Å². The molecule has 0 bridgehead atoms. The first-order valence-electron chi connectivity index (χ1n) is 8.32. The summed E-state index contributed by atoms with van der Waals surface area (Å²) in [7, 11) is -3.03. The molecule has 0 radical (unpaired) electrons. The van der Waals surface area contributed by atoms with Crippen LogP contribution in [-0.2, 0) is 9.09 Å². The number of nitrogens with zero attached hydrogens (tertiary/aromatic N) is 4. The van der Waals surface area contributed by atoms with Gasteiger partial charge in [-0.2, -0.15) is 9.97 Å². The maximum absolute atomic E-state index is 11.1. The molecule has 2 fully saturated rings. The maximum Gasteiger partial charge on any atom is 0.469 e. The largest absolute Gasteiger partial charge is 0.469 e. The van der Waals surface area contributed by atoms with Crippen LogP contribution >= 0.6 is 19.4 Å². The van der Waals surface area contributed by atoms with E-state index in [0.717, 1.165) is 0 Å². The minimum atomic E-state index is -4.69. The van der Waals surface area contributed by atoms with E-state index in [1.54, 1.807) is 11.6 Å². The van der Waals surface area contributed by atoms with E-state index < -0.39 is 31.5 Å². The summed E-state index contributed by atoms with van der Waals surface area (Å²) in [5, 5.41) is 24.3. The highest BCUT2D eigenvalue weighted by Crippen LogP contribution is 2.63. The molecule has 2 heterocycles. The Kier molecular flexibility index (Phi) is 4.47. The molecule has 27 heavy (non-hydrogen) atoms. The number of rotatable bonds is 5. The van der Waals surface area contributed by atoms with E-state index in [9.17, 15) is 14.8 Å². The number of nitrogens with one attached hydrogen (secondary N) is 1. The number of fused-ring (bicyclic) bond motifs is 2. The highest BCUT2D eigenvalue weighted by Gasteiger charge is 2.65. The third kappa shape index (κ3) is 2.85. The fourth-order valence-electron chi connectivity index (χ4n) is 4.43. The van der Waals surface area contributed by atoms with Gasteiger partial charge in [0.1, 0.15) is 6.10 Å². The van der Waals surface area contributed by atoms with Crippen molar-refractivity contribution in [3.63, 3.8) is 0 Å². The summed E-state index contributed by atoms with van der Waals surface area (Å²) in [6.45, 7) is -0.346. The first kappa shape index (κ1) is 19.0. The van der Waals surface area contributed by atoms with Gasteiger partial charge in [-0.25, -0.2) is 9.55 Å². The molecule has 0 spiro atoms. The Bertz CT molecular complexity index is 936. The van der Waals surface area contributed by atoms with Crippen LogP contribution < -0.4 is 5.32 Å². The monoisotopic (exact) mass is 419 g/mol. The third-order valence-corrected chi connectivity index (χ3v) is 6.42. The second kappa shape index (κ2) is 6.35. The number of halogens is 1. The smallest absolute Gasteiger partial charge is 0.390 e. The molecule has 13 heteroatoms. The summed E-state index contributed by atoms with van der Waals surface area (Å²) in [6.07, 6.45) is 0.250. The SMILES string of the molecule is CNc1nc(Cl)nc2c1ncn2[C@H]1[C@H](O)[C@H](O)[C@]2(COP(=O)(O)O)CC[C@H]12. The van der Waals surface area contributed by atoms with Crippen molar-refractivity contribution in [2.24, 2.45) is 11.3 Å². The van der Waals surface area contributed by atoms with Gasteiger partial charge in [0.05, 0.1) is 25.1 Å². The molecule has 148 valence electrons. The number of imidazole rings is 1. The number of hydrogen-bond donors (Lipinski definition) is 5. The summed E-state index contributed by atoms with van der Waals surface area (Å²) >= 11 is 5.99. The van der Waals surface area contributed by atoms with Crippen LogP contribution in [0, 0.1) is 11.3 Å². The standard InChI is InChI=1S/C14H19ClN5O6P/c1-16-11-7-12(19-13(15)18-11)20(5-17-7)8-6-2-3-14(6,10(22)9(8)21)4-26-27(23,24)25/h5-6,8-10,21-22H,2-4H2,1H3,(H,16,18,19)(H2,23,24,25)/t6-,8-,9+,10+,14+/m1/s1. The molecule has 2 aliphatic carbocycles. The highest BCUT2D eigenvalue weighted by atomic mass is 35.5. The molecule has 2 saturated carbocycles. The molecule has 0 aromatic carbocycles. The van der Waals surface area contributed by atoms with Crippen molar-refractivity contribution in [2.45, 2.75) is 31.1 Å². The second-order valence-electron chi connectivity index (χ2n) is 6.98. The van der Waals surface area contributed by atoms with Gasteiger partial charge in [-0.3, -0.25) is 4.52 Å². The lowest BCUT2D eigenvalue weighted by Gasteiger charge is -2.47. The number of aliphatic hydroxyl groups excluding tert-OH is 2. The summed E-state index contributed by atoms with van der Waals surface area (Å²) in [4.78, 5) is 30.6. The zero-order chi connectivity index (χ0) is 19.6. The van der Waals surface area contributed by atoms with Crippen LogP contribution in [0.4, 0.5) is 5.82 Å². The van der Waals surface area contributed by atoms with Crippen molar-refractivity contribution < 1.29 is 29.1 Å². The van der Waals surface area contributed by atoms with E-state index in [1.807, 2.05) is 0 Å². The van der Waals surface area contributed by atoms with E-state index in [2.05, 4.69) is 24.8 Å². The summed E-state index contributed by atoms with van der Waals surface area (Å²) < 4.78 is 17.4. The molecule has 2 aliphatic rings. The molecule has 0 amide bonds. The molecule has 4 rings (SSSR count). The molecule has 0 aliphatic heterocycles. The quantitative estimate of drug-likeness (QED) is 0.336. The third-order valence-electron chi connectivity index (χ3n) is 5.79. The molecule has 0 saturated heterocycles. The van der Waals surface area contributed by atoms with Crippen molar-refractivity contribution in [3.05, 3.63) is 11.6 Å². The van der Waals surface area contributed by atoms with Crippen molar-refractivity contribution in [1.82, 2.24) is 19.5 Å². The van der Waals surface area contributed by atoms with Gasteiger partial charge in [0, 0.05) is 12.5 Å². The predicted octanol–water partition coefficient (Wildman–Crippen LogP) is 0.304. The summed E-state index contributed by atoms with van der Waals surface area (Å²) in [6, 6.07) is -0.588. The molecule has 5 atom stereocenters. The highest BCUT2D eigenvalue weighted by molar-refractivity contribution is 7.46. The lowest BCUT2D eigenvalue weighted by atomic mass is 9.60. The lowest BCUT2D eigenvalue weighted by molar-refractivity contribution is -0.0969. The fraction of sp³-hybridized carbons (Fsp3) is 0.643. The summed E-state index contributed by atoms with van der Waals surface area (Å²) in [5.41, 5.74) is -0.0779. The van der Waals surface area contributed by atoms with Crippen LogP contribution in [0.1, 0.15) is 18.9 Å². The number of hydrogen-bond acceptors (Lipinski definition) is 8. The average Bonchev–Trinajstić information content (AvgIpc) is 3.04. The van der Waals surface area contributed by atoms with Crippen LogP contribution in [-0.4, -0.2) is 65.4 Å². The van der Waals surface area contributed by atoms with E-state index in [4.69, 9.17) is 21.4 Å². The van der Waals surface area contributed by atoms with Gasteiger partial charge >= 0.3 is 7.82 Å². The molecule has 2 aromatic heterocycles. The van der Waals surface area contributed by atoms with Gasteiger partial charge < -0.3 is 29.9 Å². The van der Waals surface area contributed by atoms with Gasteiger partial charge in [0.15, 0.2) is 17.0 Å². The number of aliphatic hydroxyl groups is 2. The van der Waals surface area contributed by atoms with Crippen molar-refractivity contribution in [1.29, 1.82) is 0 Å². The molecule has 2 aromatic rings. The Hall–Kier alpha value is -1.33. The number of aromatic nitrogens is 4. The Morgan fingerprint density at radius 2 is 2.19 bits per heavy atom. The Morgan fingerprint density at radius 3 is 2.78 bits per heavy atom. The van der Waals surface area contributed by atoms with Crippen molar-refractivity contribution in [2.75, 3.05) is 19.0 Å². The van der Waals surface area contributed by atoms with Crippen LogP contribution in [0.2, 0.25) is 5.28 Å². The molecular weight excluding hydrogens is 401 g/mol. The molecule has 11 nitrogen and oxygen atoms in total. The summed E-state index contributed by atoms with van der Waals surface area (Å²) in [5.74, 6) is 0.166. The van der Waals surface area contributed by atoms with Gasteiger partial charge in [-0.05, 0) is 30.4 Å². The van der Waals surface area contributed by atoms with E-state index >= 15 is 0 Å². The number of anilines is 1. The van der Waals surface area contributed by atoms with Crippen molar-refractivity contribution >= 4 is 36.4 Å².